The fourth-order valence-corrected chi connectivity index (χ4v) is 7.77. The van der Waals surface area contributed by atoms with Gasteiger partial charge in [0.25, 0.3) is 0 Å². The van der Waals surface area contributed by atoms with Gasteiger partial charge in [0.05, 0.1) is 6.10 Å². The number of nitrogens with zero attached hydrogens (tertiary/aromatic N) is 1. The quantitative estimate of drug-likeness (QED) is 0.638. The van der Waals surface area contributed by atoms with Gasteiger partial charge in [-0.15, -0.1) is 0 Å². The Hall–Kier alpha value is -0.410. The zero-order valence-electron chi connectivity index (χ0n) is 18.1. The molecular weight excluding hydrogens is 334 g/mol. The number of carbonyl (C=O) groups excluding carboxylic acids is 1. The van der Waals surface area contributed by atoms with E-state index in [-0.39, 0.29) is 5.41 Å². The molecule has 4 unspecified atom stereocenters. The van der Waals surface area contributed by atoms with Gasteiger partial charge in [-0.05, 0) is 108 Å². The van der Waals surface area contributed by atoms with E-state index >= 15 is 0 Å². The van der Waals surface area contributed by atoms with E-state index < -0.39 is 0 Å². The Labute approximate surface area is 166 Å². The molecule has 0 N–H and O–H groups in total. The molecule has 0 aromatic carbocycles. The van der Waals surface area contributed by atoms with Gasteiger partial charge < -0.3 is 9.64 Å². The molecular formula is C24H41NO2. The molecule has 3 nitrogen and oxygen atoms in total. The molecule has 0 saturated heterocycles. The predicted molar refractivity (Wildman–Crippen MR) is 110 cm³/mol. The number of ketones is 1. The Balaban J connectivity index is 1.38. The van der Waals surface area contributed by atoms with E-state index in [0.29, 0.717) is 23.2 Å². The molecule has 154 valence electrons. The van der Waals surface area contributed by atoms with E-state index in [0.717, 1.165) is 50.2 Å². The number of fused-ring (bicyclic) bond motifs is 5. The van der Waals surface area contributed by atoms with Crippen molar-refractivity contribution in [1.82, 2.24) is 4.90 Å². The molecule has 0 aliphatic heterocycles. The van der Waals surface area contributed by atoms with Crippen LogP contribution in [0.25, 0.3) is 0 Å². The maximum atomic E-state index is 12.6. The fraction of sp³-hybridized carbons (Fsp3) is 0.958. The van der Waals surface area contributed by atoms with Gasteiger partial charge >= 0.3 is 0 Å². The van der Waals surface area contributed by atoms with Crippen LogP contribution in [-0.2, 0) is 9.53 Å². The number of hydrogen-bond acceptors (Lipinski definition) is 3. The first kappa shape index (κ1) is 19.9. The van der Waals surface area contributed by atoms with Gasteiger partial charge in [0, 0.05) is 18.4 Å². The first-order chi connectivity index (χ1) is 12.8. The summed E-state index contributed by atoms with van der Waals surface area (Å²) in [6, 6.07) is 0. The third-order valence-electron chi connectivity index (χ3n) is 9.43. The summed E-state index contributed by atoms with van der Waals surface area (Å²) in [7, 11) is 4.27. The van der Waals surface area contributed by atoms with Gasteiger partial charge in [-0.25, -0.2) is 0 Å². The standard InChI is InChI=1S/C24H41NO2/c1-23-12-10-18(27-15-5-14-25(3)4)16-17(23)6-7-19-20-8-9-22(26)24(20,2)13-11-21(19)23/h17-21H,5-16H2,1-4H3/t17?,18-,19?,20?,21?,23-,24-/m0/s1. The highest BCUT2D eigenvalue weighted by Crippen LogP contribution is 2.65. The topological polar surface area (TPSA) is 29.5 Å². The Morgan fingerprint density at radius 1 is 1.04 bits per heavy atom. The lowest BCUT2D eigenvalue weighted by molar-refractivity contribution is -0.145. The predicted octanol–water partition coefficient (Wildman–Crippen LogP) is 4.94. The second-order valence-corrected chi connectivity index (χ2v) is 11.0. The lowest BCUT2D eigenvalue weighted by Gasteiger charge is -2.60. The van der Waals surface area contributed by atoms with Gasteiger partial charge in [-0.3, -0.25) is 4.79 Å². The summed E-state index contributed by atoms with van der Waals surface area (Å²) in [6.45, 7) is 6.95. The molecule has 4 rings (SSSR count). The van der Waals surface area contributed by atoms with E-state index in [1.807, 2.05) is 0 Å². The fourth-order valence-electron chi connectivity index (χ4n) is 7.77. The Bertz CT molecular complexity index is 561. The van der Waals surface area contributed by atoms with Crippen LogP contribution in [0, 0.1) is 34.5 Å². The van der Waals surface area contributed by atoms with Crippen molar-refractivity contribution in [3.8, 4) is 0 Å². The first-order valence-electron chi connectivity index (χ1n) is 11.6. The second-order valence-electron chi connectivity index (χ2n) is 11.0. The van der Waals surface area contributed by atoms with Gasteiger partial charge in [0.2, 0.25) is 0 Å². The van der Waals surface area contributed by atoms with Crippen molar-refractivity contribution >= 4 is 5.78 Å². The summed E-state index contributed by atoms with van der Waals surface area (Å²) >= 11 is 0. The molecule has 27 heavy (non-hydrogen) atoms. The molecule has 0 amide bonds. The molecule has 4 aliphatic rings. The summed E-state index contributed by atoms with van der Waals surface area (Å²) in [5.74, 6) is 3.77. The number of rotatable bonds is 5. The lowest BCUT2D eigenvalue weighted by atomic mass is 9.45. The summed E-state index contributed by atoms with van der Waals surface area (Å²) in [6.07, 6.45) is 12.7. The number of hydrogen-bond donors (Lipinski definition) is 0. The van der Waals surface area contributed by atoms with Gasteiger partial charge in [-0.1, -0.05) is 13.8 Å². The molecule has 0 bridgehead atoms. The minimum absolute atomic E-state index is 0.0249. The first-order valence-corrected chi connectivity index (χ1v) is 11.6. The molecule has 3 heteroatoms. The minimum Gasteiger partial charge on any atom is -0.378 e. The van der Waals surface area contributed by atoms with Crippen LogP contribution in [0.5, 0.6) is 0 Å². The van der Waals surface area contributed by atoms with Crippen molar-refractivity contribution in [3.63, 3.8) is 0 Å². The van der Waals surface area contributed by atoms with Crippen LogP contribution in [-0.4, -0.2) is 44.0 Å². The molecule has 4 fully saturated rings. The smallest absolute Gasteiger partial charge is 0.139 e. The Morgan fingerprint density at radius 2 is 1.85 bits per heavy atom. The second kappa shape index (κ2) is 7.44. The molecule has 0 radical (unpaired) electrons. The summed E-state index contributed by atoms with van der Waals surface area (Å²) in [4.78, 5) is 14.8. The van der Waals surface area contributed by atoms with Crippen LogP contribution in [0.2, 0.25) is 0 Å². The van der Waals surface area contributed by atoms with Crippen LogP contribution in [0.3, 0.4) is 0 Å². The molecule has 7 atom stereocenters. The third kappa shape index (κ3) is 3.41. The van der Waals surface area contributed by atoms with Crippen molar-refractivity contribution in [2.45, 2.75) is 84.2 Å². The average molecular weight is 376 g/mol. The summed E-state index contributed by atoms with van der Waals surface area (Å²) in [5, 5.41) is 0. The molecule has 4 saturated carbocycles. The average Bonchev–Trinajstić information content (AvgIpc) is 2.94. The van der Waals surface area contributed by atoms with Crippen molar-refractivity contribution in [1.29, 1.82) is 0 Å². The van der Waals surface area contributed by atoms with Gasteiger partial charge in [0.1, 0.15) is 5.78 Å². The van der Waals surface area contributed by atoms with Gasteiger partial charge in [0.15, 0.2) is 0 Å². The summed E-state index contributed by atoms with van der Waals surface area (Å²) in [5.41, 5.74) is 0.524. The van der Waals surface area contributed by atoms with Crippen LogP contribution in [0.1, 0.15) is 78.1 Å². The highest BCUT2D eigenvalue weighted by molar-refractivity contribution is 5.87. The van der Waals surface area contributed by atoms with Crippen molar-refractivity contribution < 1.29 is 9.53 Å². The maximum absolute atomic E-state index is 12.6. The van der Waals surface area contributed by atoms with Crippen LogP contribution < -0.4 is 0 Å². The van der Waals surface area contributed by atoms with Crippen LogP contribution >= 0.6 is 0 Å². The molecule has 0 aromatic rings. The Kier molecular flexibility index (Phi) is 5.48. The van der Waals surface area contributed by atoms with Crippen LogP contribution in [0.15, 0.2) is 0 Å². The highest BCUT2D eigenvalue weighted by Gasteiger charge is 2.60. The van der Waals surface area contributed by atoms with Crippen LogP contribution in [0.4, 0.5) is 0 Å². The number of ether oxygens (including phenoxy) is 1. The summed E-state index contributed by atoms with van der Waals surface area (Å²) < 4.78 is 6.29. The van der Waals surface area contributed by atoms with E-state index in [4.69, 9.17) is 4.74 Å². The largest absolute Gasteiger partial charge is 0.378 e. The van der Waals surface area contributed by atoms with E-state index in [2.05, 4.69) is 32.8 Å². The molecule has 0 heterocycles. The van der Waals surface area contributed by atoms with E-state index in [1.165, 1.54) is 44.9 Å². The van der Waals surface area contributed by atoms with E-state index in [9.17, 15) is 4.79 Å². The van der Waals surface area contributed by atoms with Crippen molar-refractivity contribution in [2.24, 2.45) is 34.5 Å². The monoisotopic (exact) mass is 375 g/mol. The number of Topliss-reactive ketones (excluding diaryl/α,β-unsaturated/α-hetero) is 1. The lowest BCUT2D eigenvalue weighted by Crippen LogP contribution is -2.54. The van der Waals surface area contributed by atoms with Crippen molar-refractivity contribution in [3.05, 3.63) is 0 Å². The molecule has 0 aromatic heterocycles. The minimum atomic E-state index is 0.0249. The van der Waals surface area contributed by atoms with Gasteiger partial charge in [-0.2, -0.15) is 0 Å². The number of carbonyl (C=O) groups is 1. The van der Waals surface area contributed by atoms with Crippen molar-refractivity contribution in [2.75, 3.05) is 27.2 Å². The SMILES string of the molecule is CN(C)CCCO[C@H]1CC[C@@]2(C)C(CCC3C2CC[C@]2(C)C(=O)CCC32)C1. The maximum Gasteiger partial charge on any atom is 0.139 e. The molecule has 0 spiro atoms. The Morgan fingerprint density at radius 3 is 2.63 bits per heavy atom. The van der Waals surface area contributed by atoms with E-state index in [1.54, 1.807) is 0 Å². The highest BCUT2D eigenvalue weighted by atomic mass is 16.5. The zero-order chi connectivity index (χ0) is 19.2. The zero-order valence-corrected chi connectivity index (χ0v) is 18.1. The normalized spacial score (nSPS) is 46.9. The third-order valence-corrected chi connectivity index (χ3v) is 9.43. The molecule has 4 aliphatic carbocycles.